The summed E-state index contributed by atoms with van der Waals surface area (Å²) in [5, 5.41) is 67.3. The molecule has 2 amide bonds. The minimum atomic E-state index is -4.44. The number of unbranched alkanes of at least 4 members (excludes halogenated alkanes) is 4. The van der Waals surface area contributed by atoms with Crippen molar-refractivity contribution in [3.05, 3.63) is 95.2 Å². The number of nitrogens with one attached hydrogen (secondary N) is 2. The van der Waals surface area contributed by atoms with Gasteiger partial charge in [0.1, 0.15) is 54.8 Å². The van der Waals surface area contributed by atoms with Crippen LogP contribution in [-0.2, 0) is 86.1 Å². The molecule has 0 bridgehead atoms. The van der Waals surface area contributed by atoms with Crippen LogP contribution in [0.4, 0.5) is 10.5 Å². The monoisotopic (exact) mass is 1390 g/mol. The number of aliphatic hydroxyl groups excluding tert-OH is 6. The van der Waals surface area contributed by atoms with Gasteiger partial charge in [0.15, 0.2) is 24.4 Å². The molecular formula is C56H82KN4O26S4+. The maximum absolute atomic E-state index is 12.8. The maximum Gasteiger partial charge on any atom is 1.00 e. The molecular weight excluding hydrogens is 1310 g/mol. The fraction of sp³-hybridized carbons (Fsp3) is 0.625. The van der Waals surface area contributed by atoms with E-state index >= 15 is 0 Å². The number of ether oxygens (including phenoxy) is 6. The van der Waals surface area contributed by atoms with E-state index in [1.807, 2.05) is 32.1 Å². The molecule has 4 aliphatic rings. The van der Waals surface area contributed by atoms with Gasteiger partial charge in [-0.15, -0.1) is 37.9 Å². The minimum Gasteiger partial charge on any atom is -0.438 e. The predicted octanol–water partition coefficient (Wildman–Crippen LogP) is -2.76. The van der Waals surface area contributed by atoms with Crippen molar-refractivity contribution in [1.82, 2.24) is 10.6 Å². The SMILES string of the molecule is CCCC[N+]1=C(/C=C/C=C/C=C2\N(CCCCCC(=O)NCCOCCO[C@H]3O[C@@H](CO)[C@@H](O)[C@H](O)[C@@H]3O[C@H]3O[C@H](CO)[C@@H](O)[C@H](O)[C@@H]3OC(=O)NC)c3ccc(S(=O)(=O)O)cc3C2(C)C)c2cc[c-]cc2C1(C)CCCC.O=S(=O)=O.O=S(=O)=O.O=S(=O)=O.[K+]. The summed E-state index contributed by atoms with van der Waals surface area (Å²) in [5.74, 6) is -0.168. The van der Waals surface area contributed by atoms with Crippen LogP contribution in [0, 0.1) is 6.07 Å². The van der Waals surface area contributed by atoms with Crippen LogP contribution < -0.4 is 66.9 Å². The Hall–Kier alpha value is -4.16. The molecule has 9 N–H and O–H groups in total. The number of alkyl carbamates (subject to hydrolysis) is 1. The molecule has 35 heteroatoms. The van der Waals surface area contributed by atoms with Crippen molar-refractivity contribution < 1.29 is 175 Å². The number of anilines is 1. The molecule has 6 rings (SSSR count). The Morgan fingerprint density at radius 2 is 1.37 bits per heavy atom. The molecule has 4 heterocycles. The number of nitrogens with zero attached hydrogens (tertiary/aromatic N) is 2. The van der Waals surface area contributed by atoms with Crippen molar-refractivity contribution in [1.29, 1.82) is 0 Å². The van der Waals surface area contributed by atoms with Gasteiger partial charge in [0.2, 0.25) is 5.91 Å². The second-order valence-corrected chi connectivity index (χ2v) is 24.0. The number of aliphatic hydroxyl groups is 6. The average molecular weight is 1390 g/mol. The molecule has 0 aromatic heterocycles. The van der Waals surface area contributed by atoms with Gasteiger partial charge in [-0.25, -0.2) is 9.37 Å². The van der Waals surface area contributed by atoms with Gasteiger partial charge in [0.05, 0.1) is 37.9 Å². The van der Waals surface area contributed by atoms with Gasteiger partial charge in [-0.05, 0) is 56.0 Å². The second-order valence-electron chi connectivity index (χ2n) is 21.4. The van der Waals surface area contributed by atoms with E-state index in [4.69, 9.17) is 66.3 Å². The molecule has 30 nitrogen and oxygen atoms in total. The standard InChI is InChI=1S/C56H82N4O17S.K.3O3S/c1-7-9-26-56(5)38-20-17-16-19-37(38)40(60(56)29-10-8-2)21-13-11-14-22-44-55(3,4)39-33-36(78(69,70)71)24-25-41(39)59(44)28-18-12-15-23-45(63)58-27-30-72-31-32-73-52-50(48(66)46(64)42(34-61)74-52)76-53-51(77-54(68)57-6)49(67)47(65)43(35-62)75-53;;3*1-4(2)3/h11,13-14,16,19-22,24-25,33,42-43,46-53,61-62,64-67H,7-10,12,15,18,23,26-32,34-35H2,1-6H3,(H,57,68)(H,58,63)(H,69,70,71);;;;/q;+1;;;/t42-,43+,46+,47+,48-,49-,50-,51-,52-,53+,56?;;;;/m0..../s1. The van der Waals surface area contributed by atoms with E-state index in [1.165, 1.54) is 30.0 Å². The van der Waals surface area contributed by atoms with Crippen molar-refractivity contribution in [3.63, 3.8) is 0 Å². The number of hydrogen-bond donors (Lipinski definition) is 9. The van der Waals surface area contributed by atoms with Crippen LogP contribution in [0.15, 0.2) is 77.4 Å². The number of hydrogen-bond acceptors (Lipinski definition) is 26. The summed E-state index contributed by atoms with van der Waals surface area (Å²) >= 11 is 0. The Labute approximate surface area is 576 Å². The van der Waals surface area contributed by atoms with E-state index in [0.29, 0.717) is 13.0 Å². The van der Waals surface area contributed by atoms with Crippen molar-refractivity contribution in [2.24, 2.45) is 0 Å². The summed E-state index contributed by atoms with van der Waals surface area (Å²) in [6.07, 6.45) is 1.18. The summed E-state index contributed by atoms with van der Waals surface area (Å²) < 4.78 is 147. The quantitative estimate of drug-likeness (QED) is 0.0104. The number of fused-ring (bicyclic) bond motifs is 2. The molecule has 11 atom stereocenters. The summed E-state index contributed by atoms with van der Waals surface area (Å²) in [5.41, 5.74) is 5.60. The zero-order valence-electron chi connectivity index (χ0n) is 51.6. The van der Waals surface area contributed by atoms with Crippen LogP contribution >= 0.6 is 0 Å². The molecule has 0 saturated carbocycles. The van der Waals surface area contributed by atoms with Crippen LogP contribution in [-0.4, -0.2) is 225 Å². The smallest absolute Gasteiger partial charge is 0.438 e. The van der Waals surface area contributed by atoms with Gasteiger partial charge < -0.3 is 74.6 Å². The molecule has 4 aliphatic heterocycles. The van der Waals surface area contributed by atoms with Gasteiger partial charge in [-0.3, -0.25) is 9.35 Å². The number of benzene rings is 2. The van der Waals surface area contributed by atoms with Crippen LogP contribution in [0.25, 0.3) is 0 Å². The molecule has 2 aromatic carbocycles. The maximum atomic E-state index is 12.8. The molecule has 2 aromatic rings. The first-order valence-corrected chi connectivity index (χ1v) is 33.1. The molecule has 91 heavy (non-hydrogen) atoms. The molecule has 506 valence electrons. The third-order valence-electron chi connectivity index (χ3n) is 15.0. The van der Waals surface area contributed by atoms with Crippen molar-refractivity contribution >= 4 is 65.3 Å². The first-order valence-electron chi connectivity index (χ1n) is 28.6. The van der Waals surface area contributed by atoms with Crippen molar-refractivity contribution in [2.45, 2.75) is 170 Å². The van der Waals surface area contributed by atoms with E-state index in [-0.39, 0.29) is 101 Å². The summed E-state index contributed by atoms with van der Waals surface area (Å²) in [6.45, 7) is 11.1. The molecule has 2 saturated heterocycles. The fourth-order valence-corrected chi connectivity index (χ4v) is 11.1. The van der Waals surface area contributed by atoms with E-state index in [9.17, 15) is 53.2 Å². The predicted molar refractivity (Wildman–Crippen MR) is 316 cm³/mol. The summed E-state index contributed by atoms with van der Waals surface area (Å²) in [7, 11) is -12.5. The number of amides is 2. The first-order chi connectivity index (χ1) is 42.5. The van der Waals surface area contributed by atoms with Gasteiger partial charge in [-0.2, -0.15) is 32.7 Å². The van der Waals surface area contributed by atoms with Gasteiger partial charge in [-0.1, -0.05) is 76.3 Å². The molecule has 0 spiro atoms. The molecule has 0 radical (unpaired) electrons. The number of rotatable bonds is 28. The van der Waals surface area contributed by atoms with Crippen molar-refractivity contribution in [3.8, 4) is 0 Å². The fourth-order valence-electron chi connectivity index (χ4n) is 10.6. The number of carbonyl (C=O) groups is 2. The largest absolute Gasteiger partial charge is 1.00 e. The Balaban J connectivity index is 0.00000199. The second kappa shape index (κ2) is 40.9. The zero-order chi connectivity index (χ0) is 67.5. The summed E-state index contributed by atoms with van der Waals surface area (Å²) in [6, 6.07) is 14.3. The topological polar surface area (TPSA) is 449 Å². The number of allylic oxidation sites excluding steroid dienone is 6. The van der Waals surface area contributed by atoms with Crippen LogP contribution in [0.2, 0.25) is 0 Å². The van der Waals surface area contributed by atoms with E-state index in [0.717, 1.165) is 68.4 Å². The number of carbonyl (C=O) groups excluding carboxylic acids is 2. The molecule has 0 aliphatic carbocycles. The Morgan fingerprint density at radius 1 is 0.769 bits per heavy atom. The van der Waals surface area contributed by atoms with E-state index in [2.05, 4.69) is 77.3 Å². The minimum absolute atomic E-state index is 0. The zero-order valence-corrected chi connectivity index (χ0v) is 57.9. The van der Waals surface area contributed by atoms with E-state index in [1.54, 1.807) is 12.1 Å². The van der Waals surface area contributed by atoms with Crippen molar-refractivity contribution in [2.75, 3.05) is 64.6 Å². The Kier molecular flexibility index (Phi) is 37.3. The van der Waals surface area contributed by atoms with E-state index < -0.39 is 128 Å². The normalized spacial score (nSPS) is 25.2. The van der Waals surface area contributed by atoms with Gasteiger partial charge in [0, 0.05) is 62.3 Å². The van der Waals surface area contributed by atoms with Gasteiger partial charge in [0.25, 0.3) is 10.1 Å². The molecule has 2 fully saturated rings. The first kappa shape index (κ1) is 82.9. The Morgan fingerprint density at radius 3 is 1.96 bits per heavy atom. The average Bonchev–Trinajstić information content (AvgIpc) is 1.62. The summed E-state index contributed by atoms with van der Waals surface area (Å²) in [4.78, 5) is 26.9. The van der Waals surface area contributed by atoms with Crippen LogP contribution in [0.5, 0.6) is 0 Å². The van der Waals surface area contributed by atoms with Gasteiger partial charge >= 0.3 is 89.3 Å². The van der Waals surface area contributed by atoms with Crippen LogP contribution in [0.3, 0.4) is 0 Å². The third-order valence-corrected chi connectivity index (χ3v) is 15.9. The Bertz CT molecular complexity index is 3200. The molecule has 1 unspecified atom stereocenters. The third kappa shape index (κ3) is 25.2. The van der Waals surface area contributed by atoms with Crippen LogP contribution in [0.1, 0.15) is 109 Å².